The minimum Gasteiger partial charge on any atom is -0.253 e. The zero-order valence-corrected chi connectivity index (χ0v) is 11.5. The zero-order valence-electron chi connectivity index (χ0n) is 11.5. The monoisotopic (exact) mass is 279 g/mol. The number of aryl methyl sites for hydroxylation is 2. The van der Waals surface area contributed by atoms with Crippen LogP contribution in [0.3, 0.4) is 0 Å². The second kappa shape index (κ2) is 5.65. The molecule has 0 radical (unpaired) electrons. The van der Waals surface area contributed by atoms with Crippen molar-refractivity contribution in [2.24, 2.45) is 0 Å². The fourth-order valence-electron chi connectivity index (χ4n) is 2.08. The van der Waals surface area contributed by atoms with Gasteiger partial charge in [-0.2, -0.15) is 13.2 Å². The zero-order chi connectivity index (χ0) is 14.8. The van der Waals surface area contributed by atoms with Crippen LogP contribution < -0.4 is 0 Å². The lowest BCUT2D eigenvalue weighted by molar-refractivity contribution is -0.137. The molecule has 106 valence electrons. The molecule has 0 spiro atoms. The van der Waals surface area contributed by atoms with Crippen LogP contribution in [0.2, 0.25) is 0 Å². The molecule has 1 heterocycles. The Morgan fingerprint density at radius 3 is 2.50 bits per heavy atom. The largest absolute Gasteiger partial charge is 0.416 e. The molecular formula is C16H16F3N. The Kier molecular flexibility index (Phi) is 4.12. The highest BCUT2D eigenvalue weighted by atomic mass is 19.4. The highest BCUT2D eigenvalue weighted by molar-refractivity contribution is 5.60. The van der Waals surface area contributed by atoms with Crippen LogP contribution in [0, 0.1) is 6.92 Å². The number of rotatable bonds is 3. The Morgan fingerprint density at radius 1 is 1.10 bits per heavy atom. The smallest absolute Gasteiger partial charge is 0.253 e. The van der Waals surface area contributed by atoms with Gasteiger partial charge in [-0.3, -0.25) is 4.98 Å². The van der Waals surface area contributed by atoms with Crippen molar-refractivity contribution in [3.8, 4) is 11.3 Å². The van der Waals surface area contributed by atoms with E-state index in [0.717, 1.165) is 36.2 Å². The fourth-order valence-corrected chi connectivity index (χ4v) is 2.08. The lowest BCUT2D eigenvalue weighted by Crippen LogP contribution is -2.04. The minimum atomic E-state index is -4.33. The molecule has 1 nitrogen and oxygen atoms in total. The van der Waals surface area contributed by atoms with Gasteiger partial charge in [-0.25, -0.2) is 0 Å². The average Bonchev–Trinajstić information content (AvgIpc) is 2.41. The van der Waals surface area contributed by atoms with Crippen molar-refractivity contribution in [2.75, 3.05) is 0 Å². The second-order valence-corrected chi connectivity index (χ2v) is 4.79. The molecule has 1 aromatic heterocycles. The summed E-state index contributed by atoms with van der Waals surface area (Å²) in [6.45, 7) is 4.02. The summed E-state index contributed by atoms with van der Waals surface area (Å²) in [5.41, 5.74) is 2.46. The quantitative estimate of drug-likeness (QED) is 0.768. The molecule has 2 rings (SSSR count). The van der Waals surface area contributed by atoms with Gasteiger partial charge in [0.15, 0.2) is 0 Å². The van der Waals surface area contributed by atoms with Gasteiger partial charge >= 0.3 is 6.18 Å². The average molecular weight is 279 g/mol. The van der Waals surface area contributed by atoms with Gasteiger partial charge in [0.25, 0.3) is 0 Å². The number of hydrogen-bond acceptors (Lipinski definition) is 1. The number of nitrogens with zero attached hydrogens (tertiary/aromatic N) is 1. The minimum absolute atomic E-state index is 0.497. The summed E-state index contributed by atoms with van der Waals surface area (Å²) < 4.78 is 38.2. The van der Waals surface area contributed by atoms with Crippen LogP contribution in [-0.4, -0.2) is 4.98 Å². The van der Waals surface area contributed by atoms with Crippen molar-refractivity contribution >= 4 is 0 Å². The first kappa shape index (κ1) is 14.6. The van der Waals surface area contributed by atoms with Gasteiger partial charge in [0, 0.05) is 11.3 Å². The first-order valence-electron chi connectivity index (χ1n) is 6.56. The summed E-state index contributed by atoms with van der Waals surface area (Å²) >= 11 is 0. The summed E-state index contributed by atoms with van der Waals surface area (Å²) in [7, 11) is 0. The van der Waals surface area contributed by atoms with E-state index in [4.69, 9.17) is 0 Å². The molecule has 0 atom stereocenters. The molecule has 0 unspecified atom stereocenters. The van der Waals surface area contributed by atoms with E-state index in [0.29, 0.717) is 11.3 Å². The third-order valence-corrected chi connectivity index (χ3v) is 3.17. The number of hydrogen-bond donors (Lipinski definition) is 0. The van der Waals surface area contributed by atoms with Crippen LogP contribution in [0.15, 0.2) is 36.4 Å². The molecule has 0 aliphatic carbocycles. The predicted octanol–water partition coefficient (Wildman–Crippen LogP) is 5.03. The molecule has 0 aliphatic heterocycles. The molecule has 1 aromatic carbocycles. The molecule has 0 N–H and O–H groups in total. The molecule has 0 saturated carbocycles. The first-order chi connectivity index (χ1) is 9.41. The lowest BCUT2D eigenvalue weighted by atomic mass is 10.0. The van der Waals surface area contributed by atoms with Crippen LogP contribution >= 0.6 is 0 Å². The highest BCUT2D eigenvalue weighted by Gasteiger charge is 2.30. The van der Waals surface area contributed by atoms with Gasteiger partial charge in [0.1, 0.15) is 0 Å². The van der Waals surface area contributed by atoms with E-state index in [9.17, 15) is 13.2 Å². The van der Waals surface area contributed by atoms with E-state index in [1.54, 1.807) is 12.1 Å². The van der Waals surface area contributed by atoms with Gasteiger partial charge < -0.3 is 0 Å². The topological polar surface area (TPSA) is 12.9 Å². The normalized spacial score (nSPS) is 11.7. The number of halogens is 3. The molecule has 0 saturated heterocycles. The van der Waals surface area contributed by atoms with E-state index >= 15 is 0 Å². The standard InChI is InChI=1S/C16H16F3N/c1-3-5-14-11(2)8-9-15(20-14)12-6-4-7-13(10-12)16(17,18)19/h4,6-10H,3,5H2,1-2H3. The first-order valence-corrected chi connectivity index (χ1v) is 6.56. The number of benzene rings is 1. The molecule has 0 bridgehead atoms. The summed E-state index contributed by atoms with van der Waals surface area (Å²) in [4.78, 5) is 4.49. The maximum Gasteiger partial charge on any atom is 0.416 e. The van der Waals surface area contributed by atoms with E-state index in [1.165, 1.54) is 6.07 Å². The van der Waals surface area contributed by atoms with Crippen LogP contribution in [0.5, 0.6) is 0 Å². The van der Waals surface area contributed by atoms with Crippen LogP contribution in [0.25, 0.3) is 11.3 Å². The SMILES string of the molecule is CCCc1nc(-c2cccc(C(F)(F)F)c2)ccc1C. The van der Waals surface area contributed by atoms with Crippen molar-refractivity contribution in [1.29, 1.82) is 0 Å². The maximum atomic E-state index is 12.7. The third kappa shape index (κ3) is 3.18. The molecule has 0 fully saturated rings. The maximum absolute atomic E-state index is 12.7. The van der Waals surface area contributed by atoms with Crippen molar-refractivity contribution in [3.63, 3.8) is 0 Å². The van der Waals surface area contributed by atoms with Gasteiger partial charge in [0.05, 0.1) is 11.3 Å². The highest BCUT2D eigenvalue weighted by Crippen LogP contribution is 2.31. The fraction of sp³-hybridized carbons (Fsp3) is 0.312. The number of pyridine rings is 1. The third-order valence-electron chi connectivity index (χ3n) is 3.17. The molecule has 0 amide bonds. The molecular weight excluding hydrogens is 263 g/mol. The number of alkyl halides is 3. The molecule has 4 heteroatoms. The Hall–Kier alpha value is -1.84. The molecule has 20 heavy (non-hydrogen) atoms. The van der Waals surface area contributed by atoms with Gasteiger partial charge in [-0.1, -0.05) is 31.5 Å². The lowest BCUT2D eigenvalue weighted by Gasteiger charge is -2.10. The second-order valence-electron chi connectivity index (χ2n) is 4.79. The molecule has 0 aliphatic rings. The van der Waals surface area contributed by atoms with Crippen LogP contribution in [0.1, 0.15) is 30.2 Å². The summed E-state index contributed by atoms with van der Waals surface area (Å²) in [5.74, 6) is 0. The number of aromatic nitrogens is 1. The summed E-state index contributed by atoms with van der Waals surface area (Å²) in [6, 6.07) is 8.97. The van der Waals surface area contributed by atoms with Crippen LogP contribution in [0.4, 0.5) is 13.2 Å². The van der Waals surface area contributed by atoms with E-state index in [1.807, 2.05) is 13.0 Å². The van der Waals surface area contributed by atoms with Gasteiger partial charge in [0.2, 0.25) is 0 Å². The van der Waals surface area contributed by atoms with E-state index in [-0.39, 0.29) is 0 Å². The Bertz CT molecular complexity index is 603. The Labute approximate surface area is 116 Å². The van der Waals surface area contributed by atoms with Crippen LogP contribution in [-0.2, 0) is 12.6 Å². The van der Waals surface area contributed by atoms with Crippen molar-refractivity contribution in [3.05, 3.63) is 53.2 Å². The van der Waals surface area contributed by atoms with Crippen molar-refractivity contribution < 1.29 is 13.2 Å². The Morgan fingerprint density at radius 2 is 1.85 bits per heavy atom. The van der Waals surface area contributed by atoms with Gasteiger partial charge in [-0.15, -0.1) is 0 Å². The van der Waals surface area contributed by atoms with Crippen molar-refractivity contribution in [1.82, 2.24) is 4.98 Å². The van der Waals surface area contributed by atoms with Crippen molar-refractivity contribution in [2.45, 2.75) is 32.9 Å². The predicted molar refractivity (Wildman–Crippen MR) is 73.4 cm³/mol. The summed E-state index contributed by atoms with van der Waals surface area (Å²) in [5, 5.41) is 0. The molecule has 2 aromatic rings. The summed E-state index contributed by atoms with van der Waals surface area (Å²) in [6.07, 6.45) is -2.54. The van der Waals surface area contributed by atoms with Gasteiger partial charge in [-0.05, 0) is 37.1 Å². The Balaban J connectivity index is 2.44. The van der Waals surface area contributed by atoms with E-state index < -0.39 is 11.7 Å². The van der Waals surface area contributed by atoms with E-state index in [2.05, 4.69) is 11.9 Å².